The van der Waals surface area contributed by atoms with Gasteiger partial charge in [-0.1, -0.05) is 17.2 Å². The number of rotatable bonds is 5. The van der Waals surface area contributed by atoms with Gasteiger partial charge in [-0.15, -0.1) is 16.7 Å². The van der Waals surface area contributed by atoms with E-state index in [4.69, 9.17) is 16.0 Å². The van der Waals surface area contributed by atoms with Crippen LogP contribution in [0.5, 0.6) is 0 Å². The quantitative estimate of drug-likeness (QED) is 0.854. The fraction of sp³-hybridized carbons (Fsp3) is 0.385. The van der Waals surface area contributed by atoms with Gasteiger partial charge < -0.3 is 9.73 Å². The van der Waals surface area contributed by atoms with Crippen LogP contribution >= 0.6 is 11.6 Å². The topological polar surface area (TPSA) is 51.0 Å². The second-order valence-corrected chi connectivity index (χ2v) is 4.69. The monoisotopic (exact) mass is 283 g/mol. The molecule has 0 saturated heterocycles. The van der Waals surface area contributed by atoms with Crippen molar-refractivity contribution < 1.29 is 8.81 Å². The molecule has 1 heterocycles. The molecule has 0 aliphatic rings. The van der Waals surface area contributed by atoms with Gasteiger partial charge in [-0.2, -0.15) is 0 Å². The summed E-state index contributed by atoms with van der Waals surface area (Å²) in [5.74, 6) is 0.694. The molecule has 1 unspecified atom stereocenters. The molecule has 1 N–H and O–H groups in total. The van der Waals surface area contributed by atoms with Crippen LogP contribution < -0.4 is 5.32 Å². The number of aryl methyl sites for hydroxylation is 2. The molecule has 0 aliphatic carbocycles. The second-order valence-electron chi connectivity index (χ2n) is 4.31. The van der Waals surface area contributed by atoms with Crippen molar-refractivity contribution in [3.63, 3.8) is 0 Å². The first-order valence-corrected chi connectivity index (χ1v) is 6.54. The van der Waals surface area contributed by atoms with Crippen molar-refractivity contribution in [3.05, 3.63) is 41.0 Å². The molecule has 0 fully saturated rings. The van der Waals surface area contributed by atoms with E-state index >= 15 is 0 Å². The highest BCUT2D eigenvalue weighted by Gasteiger charge is 2.11. The number of alkyl halides is 1. The lowest BCUT2D eigenvalue weighted by atomic mass is 10.1. The maximum Gasteiger partial charge on any atom is 0.315 e. The summed E-state index contributed by atoms with van der Waals surface area (Å²) in [7, 11) is 0. The van der Waals surface area contributed by atoms with Crippen LogP contribution in [0.2, 0.25) is 0 Å². The van der Waals surface area contributed by atoms with Crippen LogP contribution in [-0.2, 0) is 6.42 Å². The molecule has 2 rings (SSSR count). The Morgan fingerprint density at radius 2 is 2.21 bits per heavy atom. The van der Waals surface area contributed by atoms with Crippen LogP contribution in [0.25, 0.3) is 0 Å². The Morgan fingerprint density at radius 1 is 1.42 bits per heavy atom. The minimum Gasteiger partial charge on any atom is -0.408 e. The molecule has 0 spiro atoms. The minimum atomic E-state index is -0.223. The summed E-state index contributed by atoms with van der Waals surface area (Å²) >= 11 is 5.59. The molecule has 1 aromatic heterocycles. The first-order valence-electron chi connectivity index (χ1n) is 6.01. The number of aromatic nitrogens is 2. The number of anilines is 1. The van der Waals surface area contributed by atoms with Gasteiger partial charge in [0, 0.05) is 12.3 Å². The standard InChI is InChI=1S/C13H15ClFN3O/c1-8-3-4-10(7-11(8)15)9(2)16-13-18-17-12(19-13)5-6-14/h3-4,7,9H,5-6H2,1-2H3,(H,16,18). The van der Waals surface area contributed by atoms with Crippen LogP contribution in [0, 0.1) is 12.7 Å². The van der Waals surface area contributed by atoms with E-state index < -0.39 is 0 Å². The van der Waals surface area contributed by atoms with Gasteiger partial charge in [-0.05, 0) is 31.0 Å². The largest absolute Gasteiger partial charge is 0.408 e. The van der Waals surface area contributed by atoms with Crippen LogP contribution in [0.4, 0.5) is 10.4 Å². The molecule has 6 heteroatoms. The van der Waals surface area contributed by atoms with Crippen LogP contribution in [0.1, 0.15) is 30.0 Å². The highest BCUT2D eigenvalue weighted by Crippen LogP contribution is 2.20. The average molecular weight is 284 g/mol. The number of hydrogen-bond donors (Lipinski definition) is 1. The Kier molecular flexibility index (Phi) is 4.37. The Bertz CT molecular complexity index is 559. The number of hydrogen-bond acceptors (Lipinski definition) is 4. The van der Waals surface area contributed by atoms with Crippen molar-refractivity contribution in [1.29, 1.82) is 0 Å². The molecular formula is C13H15ClFN3O. The Hall–Kier alpha value is -1.62. The summed E-state index contributed by atoms with van der Waals surface area (Å²) in [5, 5.41) is 10.7. The summed E-state index contributed by atoms with van der Waals surface area (Å²) in [6.45, 7) is 3.63. The lowest BCUT2D eigenvalue weighted by Gasteiger charge is -2.12. The Morgan fingerprint density at radius 3 is 2.89 bits per heavy atom. The van der Waals surface area contributed by atoms with E-state index in [9.17, 15) is 4.39 Å². The lowest BCUT2D eigenvalue weighted by molar-refractivity contribution is 0.507. The second kappa shape index (κ2) is 6.02. The van der Waals surface area contributed by atoms with Gasteiger partial charge in [0.15, 0.2) is 0 Å². The predicted molar refractivity (Wildman–Crippen MR) is 71.9 cm³/mol. The van der Waals surface area contributed by atoms with Gasteiger partial charge in [0.2, 0.25) is 5.89 Å². The molecule has 1 aromatic carbocycles. The normalized spacial score (nSPS) is 12.4. The number of benzene rings is 1. The molecule has 19 heavy (non-hydrogen) atoms. The van der Waals surface area contributed by atoms with Crippen molar-refractivity contribution in [2.75, 3.05) is 11.2 Å². The van der Waals surface area contributed by atoms with Crippen molar-refractivity contribution >= 4 is 17.6 Å². The third-order valence-electron chi connectivity index (χ3n) is 2.81. The SMILES string of the molecule is Cc1ccc(C(C)Nc2nnc(CCCl)o2)cc1F. The highest BCUT2D eigenvalue weighted by atomic mass is 35.5. The van der Waals surface area contributed by atoms with E-state index in [0.29, 0.717) is 29.8 Å². The molecule has 2 aromatic rings. The van der Waals surface area contributed by atoms with E-state index in [1.54, 1.807) is 13.0 Å². The summed E-state index contributed by atoms with van der Waals surface area (Å²) in [6.07, 6.45) is 0.532. The van der Waals surface area contributed by atoms with Gasteiger partial charge >= 0.3 is 6.01 Å². The van der Waals surface area contributed by atoms with Crippen LogP contribution in [0.3, 0.4) is 0 Å². The third kappa shape index (κ3) is 3.44. The van der Waals surface area contributed by atoms with Crippen LogP contribution in [0.15, 0.2) is 22.6 Å². The van der Waals surface area contributed by atoms with Gasteiger partial charge in [0.1, 0.15) is 5.82 Å². The van der Waals surface area contributed by atoms with E-state index in [2.05, 4.69) is 15.5 Å². The molecule has 0 saturated carbocycles. The molecular weight excluding hydrogens is 269 g/mol. The number of nitrogens with zero attached hydrogens (tertiary/aromatic N) is 2. The third-order valence-corrected chi connectivity index (χ3v) is 3.00. The first kappa shape index (κ1) is 13.8. The molecule has 4 nitrogen and oxygen atoms in total. The highest BCUT2D eigenvalue weighted by molar-refractivity contribution is 6.17. The fourth-order valence-corrected chi connectivity index (χ4v) is 1.80. The summed E-state index contributed by atoms with van der Waals surface area (Å²) in [5.41, 5.74) is 1.44. The van der Waals surface area contributed by atoms with E-state index in [0.717, 1.165) is 5.56 Å². The molecule has 1 atom stereocenters. The maximum atomic E-state index is 13.5. The zero-order valence-corrected chi connectivity index (χ0v) is 11.5. The van der Waals surface area contributed by atoms with E-state index in [-0.39, 0.29) is 11.9 Å². The Balaban J connectivity index is 2.06. The van der Waals surface area contributed by atoms with Gasteiger partial charge in [0.25, 0.3) is 0 Å². The van der Waals surface area contributed by atoms with Crippen molar-refractivity contribution in [3.8, 4) is 0 Å². The smallest absolute Gasteiger partial charge is 0.315 e. The van der Waals surface area contributed by atoms with E-state index in [1.165, 1.54) is 6.07 Å². The van der Waals surface area contributed by atoms with Gasteiger partial charge in [-0.25, -0.2) is 4.39 Å². The van der Waals surface area contributed by atoms with Crippen LogP contribution in [-0.4, -0.2) is 16.1 Å². The average Bonchev–Trinajstić information content (AvgIpc) is 2.80. The van der Waals surface area contributed by atoms with Crippen molar-refractivity contribution in [1.82, 2.24) is 10.2 Å². The number of nitrogens with one attached hydrogen (secondary N) is 1. The lowest BCUT2D eigenvalue weighted by Crippen LogP contribution is -2.07. The zero-order chi connectivity index (χ0) is 13.8. The number of halogens is 2. The molecule has 0 amide bonds. The van der Waals surface area contributed by atoms with Gasteiger partial charge in [-0.3, -0.25) is 0 Å². The zero-order valence-electron chi connectivity index (χ0n) is 10.8. The molecule has 0 radical (unpaired) electrons. The van der Waals surface area contributed by atoms with Crippen molar-refractivity contribution in [2.45, 2.75) is 26.3 Å². The summed E-state index contributed by atoms with van der Waals surface area (Å²) < 4.78 is 18.8. The summed E-state index contributed by atoms with van der Waals surface area (Å²) in [6, 6.07) is 5.30. The van der Waals surface area contributed by atoms with E-state index in [1.807, 2.05) is 13.0 Å². The minimum absolute atomic E-state index is 0.126. The van der Waals surface area contributed by atoms with Crippen molar-refractivity contribution in [2.24, 2.45) is 0 Å². The van der Waals surface area contributed by atoms with Gasteiger partial charge in [0.05, 0.1) is 6.04 Å². The maximum absolute atomic E-state index is 13.5. The first-order chi connectivity index (χ1) is 9.10. The summed E-state index contributed by atoms with van der Waals surface area (Å²) in [4.78, 5) is 0. The fourth-order valence-electron chi connectivity index (χ4n) is 1.64. The molecule has 102 valence electrons. The Labute approximate surface area is 116 Å². The molecule has 0 aliphatic heterocycles. The predicted octanol–water partition coefficient (Wildman–Crippen LogP) is 3.47. The molecule has 0 bridgehead atoms.